The van der Waals surface area contributed by atoms with E-state index in [4.69, 9.17) is 5.73 Å². The van der Waals surface area contributed by atoms with Crippen LogP contribution in [0.25, 0.3) is 0 Å². The Balaban J connectivity index is 2.05. The van der Waals surface area contributed by atoms with E-state index in [0.717, 1.165) is 27.2 Å². The van der Waals surface area contributed by atoms with Gasteiger partial charge in [0.25, 0.3) is 0 Å². The molecule has 2 heterocycles. The first-order valence-electron chi connectivity index (χ1n) is 4.89. The first kappa shape index (κ1) is 11.5. The lowest BCUT2D eigenvalue weighted by Crippen LogP contribution is -2.03. The van der Waals surface area contributed by atoms with Crippen LogP contribution in [-0.2, 0) is 6.42 Å². The molecule has 0 amide bonds. The van der Waals surface area contributed by atoms with E-state index in [9.17, 15) is 0 Å². The summed E-state index contributed by atoms with van der Waals surface area (Å²) in [4.78, 5) is 12.9. The molecule has 0 aromatic carbocycles. The summed E-state index contributed by atoms with van der Waals surface area (Å²) in [5, 5.41) is 2.75. The standard InChI is InChI=1S/C10H12N4S2/c1-7-6-15-10(14-7)16-9-12-4-8(2-3-11)5-13-9/h4-6H,2-3,11H2,1H3. The Labute approximate surface area is 102 Å². The lowest BCUT2D eigenvalue weighted by molar-refractivity contribution is 0.890. The number of nitrogens with two attached hydrogens (primary N) is 1. The fourth-order valence-corrected chi connectivity index (χ4v) is 2.79. The van der Waals surface area contributed by atoms with E-state index >= 15 is 0 Å². The van der Waals surface area contributed by atoms with Gasteiger partial charge in [0.15, 0.2) is 9.50 Å². The van der Waals surface area contributed by atoms with Crippen molar-refractivity contribution in [2.45, 2.75) is 22.8 Å². The highest BCUT2D eigenvalue weighted by Crippen LogP contribution is 2.27. The molecule has 4 nitrogen and oxygen atoms in total. The van der Waals surface area contributed by atoms with Crippen LogP contribution >= 0.6 is 23.1 Å². The van der Waals surface area contributed by atoms with Crippen LogP contribution in [0.2, 0.25) is 0 Å². The SMILES string of the molecule is Cc1csc(Sc2ncc(CCN)cn2)n1. The summed E-state index contributed by atoms with van der Waals surface area (Å²) in [5.74, 6) is 0. The van der Waals surface area contributed by atoms with Crippen molar-refractivity contribution < 1.29 is 0 Å². The fourth-order valence-electron chi connectivity index (χ4n) is 1.15. The highest BCUT2D eigenvalue weighted by Gasteiger charge is 2.04. The predicted octanol–water partition coefficient (Wildman–Crippen LogP) is 1.89. The van der Waals surface area contributed by atoms with Gasteiger partial charge >= 0.3 is 0 Å². The minimum atomic E-state index is 0.627. The lowest BCUT2D eigenvalue weighted by atomic mass is 10.2. The molecule has 0 aliphatic heterocycles. The molecule has 2 aromatic rings. The molecule has 0 aliphatic rings. The van der Waals surface area contributed by atoms with Crippen LogP contribution in [0.4, 0.5) is 0 Å². The zero-order chi connectivity index (χ0) is 11.4. The number of rotatable bonds is 4. The van der Waals surface area contributed by atoms with E-state index in [1.165, 1.54) is 11.8 Å². The summed E-state index contributed by atoms with van der Waals surface area (Å²) < 4.78 is 0.976. The van der Waals surface area contributed by atoms with Crippen molar-refractivity contribution >= 4 is 23.1 Å². The second-order valence-electron chi connectivity index (χ2n) is 3.27. The highest BCUT2D eigenvalue weighted by molar-refractivity contribution is 8.00. The van der Waals surface area contributed by atoms with Gasteiger partial charge in [-0.05, 0) is 37.2 Å². The van der Waals surface area contributed by atoms with Gasteiger partial charge in [0.2, 0.25) is 0 Å². The zero-order valence-corrected chi connectivity index (χ0v) is 10.5. The number of nitrogens with zero attached hydrogens (tertiary/aromatic N) is 3. The molecule has 0 bridgehead atoms. The van der Waals surface area contributed by atoms with Crippen molar-refractivity contribution in [3.8, 4) is 0 Å². The van der Waals surface area contributed by atoms with Gasteiger partial charge in [-0.2, -0.15) is 0 Å². The Kier molecular flexibility index (Phi) is 3.87. The van der Waals surface area contributed by atoms with E-state index in [-0.39, 0.29) is 0 Å². The Hall–Kier alpha value is -0.980. The summed E-state index contributed by atoms with van der Waals surface area (Å²) in [6, 6.07) is 0. The zero-order valence-electron chi connectivity index (χ0n) is 8.88. The summed E-state index contributed by atoms with van der Waals surface area (Å²) in [7, 11) is 0. The molecular formula is C10H12N4S2. The van der Waals surface area contributed by atoms with E-state index in [1.807, 2.05) is 24.7 Å². The number of aryl methyl sites for hydroxylation is 1. The first-order chi connectivity index (χ1) is 7.78. The molecule has 16 heavy (non-hydrogen) atoms. The maximum absolute atomic E-state index is 5.46. The molecule has 2 aromatic heterocycles. The molecular weight excluding hydrogens is 240 g/mol. The number of aromatic nitrogens is 3. The van der Waals surface area contributed by atoms with Gasteiger partial charge in [-0.15, -0.1) is 11.3 Å². The fraction of sp³-hybridized carbons (Fsp3) is 0.300. The molecule has 0 unspecified atom stereocenters. The van der Waals surface area contributed by atoms with Crippen molar-refractivity contribution in [3.63, 3.8) is 0 Å². The monoisotopic (exact) mass is 252 g/mol. The summed E-state index contributed by atoms with van der Waals surface area (Å²) in [6.45, 7) is 2.60. The van der Waals surface area contributed by atoms with E-state index in [2.05, 4.69) is 15.0 Å². The van der Waals surface area contributed by atoms with Gasteiger partial charge in [-0.3, -0.25) is 0 Å². The minimum absolute atomic E-state index is 0.627. The average molecular weight is 252 g/mol. The Bertz CT molecular complexity index is 452. The Morgan fingerprint density at radius 2 is 2.12 bits per heavy atom. The van der Waals surface area contributed by atoms with Crippen LogP contribution in [0.1, 0.15) is 11.3 Å². The maximum atomic E-state index is 5.46. The molecule has 0 atom stereocenters. The van der Waals surface area contributed by atoms with E-state index in [0.29, 0.717) is 6.54 Å². The molecule has 84 valence electrons. The first-order valence-corrected chi connectivity index (χ1v) is 6.58. The smallest absolute Gasteiger partial charge is 0.194 e. The molecule has 2 N–H and O–H groups in total. The Morgan fingerprint density at radius 1 is 1.38 bits per heavy atom. The summed E-state index contributed by atoms with van der Waals surface area (Å²) >= 11 is 3.10. The van der Waals surface area contributed by atoms with Gasteiger partial charge in [0.1, 0.15) is 0 Å². The lowest BCUT2D eigenvalue weighted by Gasteiger charge is -1.98. The molecule has 0 fully saturated rings. The minimum Gasteiger partial charge on any atom is -0.330 e. The van der Waals surface area contributed by atoms with E-state index in [1.54, 1.807) is 11.3 Å². The van der Waals surface area contributed by atoms with Gasteiger partial charge < -0.3 is 5.73 Å². The highest BCUT2D eigenvalue weighted by atomic mass is 32.2. The molecule has 0 saturated heterocycles. The molecule has 0 radical (unpaired) electrons. The maximum Gasteiger partial charge on any atom is 0.194 e. The molecule has 6 heteroatoms. The van der Waals surface area contributed by atoms with Crippen LogP contribution in [0.3, 0.4) is 0 Å². The molecule has 0 aliphatic carbocycles. The quantitative estimate of drug-likeness (QED) is 0.842. The predicted molar refractivity (Wildman–Crippen MR) is 65.8 cm³/mol. The van der Waals surface area contributed by atoms with Gasteiger partial charge in [0.05, 0.1) is 0 Å². The van der Waals surface area contributed by atoms with Gasteiger partial charge in [-0.1, -0.05) is 0 Å². The Morgan fingerprint density at radius 3 is 2.69 bits per heavy atom. The third-order valence-corrected chi connectivity index (χ3v) is 3.84. The number of thiazole rings is 1. The van der Waals surface area contributed by atoms with Crippen LogP contribution in [0.15, 0.2) is 27.3 Å². The largest absolute Gasteiger partial charge is 0.330 e. The molecule has 0 saturated carbocycles. The van der Waals surface area contributed by atoms with Crippen LogP contribution in [0, 0.1) is 6.92 Å². The number of hydrogen-bond donors (Lipinski definition) is 1. The summed E-state index contributed by atoms with van der Waals surface area (Å²) in [6.07, 6.45) is 4.46. The second-order valence-corrected chi connectivity index (χ2v) is 5.34. The van der Waals surface area contributed by atoms with Crippen molar-refractivity contribution in [1.82, 2.24) is 15.0 Å². The molecule has 2 rings (SSSR count). The van der Waals surface area contributed by atoms with E-state index < -0.39 is 0 Å². The topological polar surface area (TPSA) is 64.7 Å². The van der Waals surface area contributed by atoms with Gasteiger partial charge in [0, 0.05) is 23.5 Å². The van der Waals surface area contributed by atoms with Crippen molar-refractivity contribution in [3.05, 3.63) is 29.0 Å². The number of hydrogen-bond acceptors (Lipinski definition) is 6. The van der Waals surface area contributed by atoms with Crippen molar-refractivity contribution in [1.29, 1.82) is 0 Å². The normalized spacial score (nSPS) is 10.6. The molecule has 0 spiro atoms. The van der Waals surface area contributed by atoms with Gasteiger partial charge in [-0.25, -0.2) is 15.0 Å². The van der Waals surface area contributed by atoms with Crippen molar-refractivity contribution in [2.24, 2.45) is 5.73 Å². The van der Waals surface area contributed by atoms with Crippen LogP contribution in [0.5, 0.6) is 0 Å². The summed E-state index contributed by atoms with van der Waals surface area (Å²) in [5.41, 5.74) is 7.56. The third-order valence-electron chi connectivity index (χ3n) is 1.89. The second kappa shape index (κ2) is 5.38. The third kappa shape index (κ3) is 3.01. The van der Waals surface area contributed by atoms with Crippen LogP contribution < -0.4 is 5.73 Å². The average Bonchev–Trinajstić information content (AvgIpc) is 2.67. The van der Waals surface area contributed by atoms with Crippen LogP contribution in [-0.4, -0.2) is 21.5 Å². The van der Waals surface area contributed by atoms with Crippen molar-refractivity contribution in [2.75, 3.05) is 6.54 Å².